The molecule has 2 heteroatoms. The lowest BCUT2D eigenvalue weighted by molar-refractivity contribution is 0.250. The summed E-state index contributed by atoms with van der Waals surface area (Å²) >= 11 is 0. The lowest BCUT2D eigenvalue weighted by Gasteiger charge is -2.37. The number of benzene rings is 1. The van der Waals surface area contributed by atoms with Crippen LogP contribution in [0.15, 0.2) is 47.6 Å². The van der Waals surface area contributed by atoms with Gasteiger partial charge in [0.15, 0.2) is 0 Å². The molecule has 0 saturated carbocycles. The Labute approximate surface area is 121 Å². The number of likely N-dealkylation sites (N-methyl/N-ethyl adjacent to an activating group) is 1. The zero-order chi connectivity index (χ0) is 13.9. The molecular weight excluding hydrogens is 246 g/mol. The van der Waals surface area contributed by atoms with Crippen molar-refractivity contribution in [2.24, 2.45) is 0 Å². The normalized spacial score (nSPS) is 22.8. The van der Waals surface area contributed by atoms with Gasteiger partial charge in [0.25, 0.3) is 0 Å². The van der Waals surface area contributed by atoms with E-state index >= 15 is 0 Å². The minimum atomic E-state index is 0.567. The molecule has 0 fully saturated rings. The SMILES string of the molecule is COc1ccc(C[C@@H]2C3=C(CC=CC3)CCN2C)cc1. The van der Waals surface area contributed by atoms with Gasteiger partial charge >= 0.3 is 0 Å². The van der Waals surface area contributed by atoms with E-state index in [9.17, 15) is 0 Å². The first-order valence-corrected chi connectivity index (χ1v) is 7.47. The average Bonchev–Trinajstić information content (AvgIpc) is 2.51. The van der Waals surface area contributed by atoms with Crippen molar-refractivity contribution in [3.8, 4) is 5.75 Å². The molecule has 0 spiro atoms. The minimum Gasteiger partial charge on any atom is -0.497 e. The largest absolute Gasteiger partial charge is 0.497 e. The molecule has 1 heterocycles. The van der Waals surface area contributed by atoms with Crippen LogP contribution in [0.25, 0.3) is 0 Å². The Morgan fingerprint density at radius 1 is 1.15 bits per heavy atom. The smallest absolute Gasteiger partial charge is 0.118 e. The number of ether oxygens (including phenoxy) is 1. The lowest BCUT2D eigenvalue weighted by atomic mass is 9.83. The molecule has 0 aromatic heterocycles. The Bertz CT molecular complexity index is 527. The summed E-state index contributed by atoms with van der Waals surface area (Å²) in [4.78, 5) is 2.52. The molecule has 0 saturated heterocycles. The van der Waals surface area contributed by atoms with E-state index in [1.165, 1.54) is 24.9 Å². The van der Waals surface area contributed by atoms with Crippen LogP contribution in [0.5, 0.6) is 5.75 Å². The van der Waals surface area contributed by atoms with Crippen molar-refractivity contribution in [3.63, 3.8) is 0 Å². The van der Waals surface area contributed by atoms with Gasteiger partial charge in [0.1, 0.15) is 5.75 Å². The van der Waals surface area contributed by atoms with Gasteiger partial charge in [-0.2, -0.15) is 0 Å². The highest BCUT2D eigenvalue weighted by molar-refractivity contribution is 5.34. The molecular formula is C18H23NO. The fraction of sp³-hybridized carbons (Fsp3) is 0.444. The Morgan fingerprint density at radius 3 is 2.65 bits per heavy atom. The van der Waals surface area contributed by atoms with Crippen LogP contribution >= 0.6 is 0 Å². The Hall–Kier alpha value is -1.54. The van der Waals surface area contributed by atoms with Gasteiger partial charge in [-0.05, 0) is 56.0 Å². The number of methoxy groups -OCH3 is 1. The molecule has 2 nitrogen and oxygen atoms in total. The summed E-state index contributed by atoms with van der Waals surface area (Å²) < 4.78 is 5.24. The predicted octanol–water partition coefficient (Wildman–Crippen LogP) is 3.59. The third-order valence-electron chi connectivity index (χ3n) is 4.61. The summed E-state index contributed by atoms with van der Waals surface area (Å²) in [5.41, 5.74) is 4.74. The molecule has 0 radical (unpaired) electrons. The Balaban J connectivity index is 1.80. The van der Waals surface area contributed by atoms with Crippen LogP contribution in [0, 0.1) is 0 Å². The maximum atomic E-state index is 5.24. The van der Waals surface area contributed by atoms with Crippen molar-refractivity contribution in [1.82, 2.24) is 4.90 Å². The summed E-state index contributed by atoms with van der Waals surface area (Å²) in [6.45, 7) is 1.19. The highest BCUT2D eigenvalue weighted by Gasteiger charge is 2.27. The van der Waals surface area contributed by atoms with Crippen molar-refractivity contribution in [3.05, 3.63) is 53.1 Å². The molecule has 0 bridgehead atoms. The monoisotopic (exact) mass is 269 g/mol. The van der Waals surface area contributed by atoms with E-state index in [0.717, 1.165) is 18.6 Å². The van der Waals surface area contributed by atoms with Crippen LogP contribution < -0.4 is 4.74 Å². The summed E-state index contributed by atoms with van der Waals surface area (Å²) in [6.07, 6.45) is 9.32. The second kappa shape index (κ2) is 5.84. The van der Waals surface area contributed by atoms with E-state index in [1.54, 1.807) is 18.3 Å². The van der Waals surface area contributed by atoms with E-state index in [-0.39, 0.29) is 0 Å². The van der Waals surface area contributed by atoms with Crippen LogP contribution in [0.1, 0.15) is 24.8 Å². The minimum absolute atomic E-state index is 0.567. The molecule has 1 aromatic carbocycles. The quantitative estimate of drug-likeness (QED) is 0.778. The van der Waals surface area contributed by atoms with Crippen LogP contribution in [-0.2, 0) is 6.42 Å². The van der Waals surface area contributed by atoms with Gasteiger partial charge in [-0.25, -0.2) is 0 Å². The van der Waals surface area contributed by atoms with Gasteiger partial charge < -0.3 is 4.74 Å². The molecule has 0 unspecified atom stereocenters. The second-order valence-electron chi connectivity index (χ2n) is 5.81. The molecule has 106 valence electrons. The van der Waals surface area contributed by atoms with E-state index in [0.29, 0.717) is 6.04 Å². The van der Waals surface area contributed by atoms with Gasteiger partial charge in [0.2, 0.25) is 0 Å². The van der Waals surface area contributed by atoms with Crippen molar-refractivity contribution < 1.29 is 4.74 Å². The number of rotatable bonds is 3. The van der Waals surface area contributed by atoms with Crippen LogP contribution in [0.3, 0.4) is 0 Å². The van der Waals surface area contributed by atoms with E-state index in [2.05, 4.69) is 48.4 Å². The van der Waals surface area contributed by atoms with E-state index in [1.807, 2.05) is 0 Å². The Kier molecular flexibility index (Phi) is 3.93. The molecule has 1 atom stereocenters. The summed E-state index contributed by atoms with van der Waals surface area (Å²) in [5.74, 6) is 0.936. The fourth-order valence-corrected chi connectivity index (χ4v) is 3.34. The van der Waals surface area contributed by atoms with Gasteiger partial charge in [-0.1, -0.05) is 29.9 Å². The zero-order valence-electron chi connectivity index (χ0n) is 12.4. The van der Waals surface area contributed by atoms with Crippen LogP contribution in [0.4, 0.5) is 0 Å². The lowest BCUT2D eigenvalue weighted by Crippen LogP contribution is -2.40. The van der Waals surface area contributed by atoms with E-state index in [4.69, 9.17) is 4.74 Å². The van der Waals surface area contributed by atoms with Gasteiger partial charge in [0, 0.05) is 12.6 Å². The maximum absolute atomic E-state index is 5.24. The van der Waals surface area contributed by atoms with Crippen LogP contribution in [-0.4, -0.2) is 31.6 Å². The molecule has 3 rings (SSSR count). The highest BCUT2D eigenvalue weighted by atomic mass is 16.5. The summed E-state index contributed by atoms with van der Waals surface area (Å²) in [5, 5.41) is 0. The van der Waals surface area contributed by atoms with Gasteiger partial charge in [-0.3, -0.25) is 4.90 Å². The molecule has 1 aliphatic heterocycles. The number of allylic oxidation sites excluding steroid dienone is 2. The van der Waals surface area contributed by atoms with Crippen molar-refractivity contribution in [2.75, 3.05) is 20.7 Å². The fourth-order valence-electron chi connectivity index (χ4n) is 3.34. The molecule has 1 aromatic rings. The first-order chi connectivity index (χ1) is 9.78. The second-order valence-corrected chi connectivity index (χ2v) is 5.81. The molecule has 0 amide bonds. The highest BCUT2D eigenvalue weighted by Crippen LogP contribution is 2.33. The van der Waals surface area contributed by atoms with E-state index < -0.39 is 0 Å². The first-order valence-electron chi connectivity index (χ1n) is 7.47. The molecule has 1 aliphatic carbocycles. The topological polar surface area (TPSA) is 12.5 Å². The average molecular weight is 269 g/mol. The third-order valence-corrected chi connectivity index (χ3v) is 4.61. The van der Waals surface area contributed by atoms with Gasteiger partial charge in [-0.15, -0.1) is 0 Å². The molecule has 20 heavy (non-hydrogen) atoms. The number of hydrogen-bond acceptors (Lipinski definition) is 2. The first kappa shape index (κ1) is 13.4. The van der Waals surface area contributed by atoms with Crippen LogP contribution in [0.2, 0.25) is 0 Å². The zero-order valence-corrected chi connectivity index (χ0v) is 12.4. The number of nitrogens with zero attached hydrogens (tertiary/aromatic N) is 1. The van der Waals surface area contributed by atoms with Gasteiger partial charge in [0.05, 0.1) is 7.11 Å². The molecule has 2 aliphatic rings. The van der Waals surface area contributed by atoms with Crippen molar-refractivity contribution in [1.29, 1.82) is 0 Å². The van der Waals surface area contributed by atoms with Crippen molar-refractivity contribution in [2.45, 2.75) is 31.7 Å². The predicted molar refractivity (Wildman–Crippen MR) is 83.1 cm³/mol. The standard InChI is InChI=1S/C18H23NO/c1-19-12-11-15-5-3-4-6-17(15)18(19)13-14-7-9-16(20-2)10-8-14/h3-4,7-10,18H,5-6,11-13H2,1-2H3/t18-/m1/s1. The molecule has 0 N–H and O–H groups in total. The number of hydrogen-bond donors (Lipinski definition) is 0. The van der Waals surface area contributed by atoms with Crippen molar-refractivity contribution >= 4 is 0 Å². The summed E-state index contributed by atoms with van der Waals surface area (Å²) in [7, 11) is 3.98. The Morgan fingerprint density at radius 2 is 1.90 bits per heavy atom. The third kappa shape index (κ3) is 2.66. The summed E-state index contributed by atoms with van der Waals surface area (Å²) in [6, 6.07) is 9.08. The maximum Gasteiger partial charge on any atom is 0.118 e.